The molecule has 1 aromatic carbocycles. The molecule has 2 rings (SSSR count). The zero-order chi connectivity index (χ0) is 16.7. The van der Waals surface area contributed by atoms with Crippen molar-refractivity contribution < 1.29 is 0 Å². The lowest BCUT2D eigenvalue weighted by Crippen LogP contribution is -2.31. The predicted octanol–water partition coefficient (Wildman–Crippen LogP) is 7.03. The minimum absolute atomic E-state index is 0.396. The van der Waals surface area contributed by atoms with Crippen LogP contribution in [-0.4, -0.2) is 0 Å². The van der Waals surface area contributed by atoms with Crippen LogP contribution in [-0.2, 0) is 0 Å². The molecule has 1 aliphatic rings. The summed E-state index contributed by atoms with van der Waals surface area (Å²) >= 11 is 11.0. The lowest BCUT2D eigenvalue weighted by Gasteiger charge is -2.43. The van der Waals surface area contributed by atoms with E-state index in [2.05, 4.69) is 78.9 Å². The number of hydrogen-bond donors (Lipinski definition) is 2. The molecule has 0 amide bonds. The summed E-state index contributed by atoms with van der Waals surface area (Å²) in [5, 5.41) is 0. The van der Waals surface area contributed by atoms with E-state index < -0.39 is 0 Å². The second kappa shape index (κ2) is 6.86. The number of thioether (sulfide) groups is 1. The van der Waals surface area contributed by atoms with Gasteiger partial charge in [-0.15, -0.1) is 25.3 Å². The van der Waals surface area contributed by atoms with Crippen molar-refractivity contribution in [2.75, 3.05) is 0 Å². The molecule has 3 heteroatoms. The molecule has 0 radical (unpaired) electrons. The van der Waals surface area contributed by atoms with Crippen molar-refractivity contribution in [3.05, 3.63) is 28.2 Å². The summed E-state index contributed by atoms with van der Waals surface area (Å²) < 4.78 is 0. The van der Waals surface area contributed by atoms with Crippen LogP contribution in [0, 0.1) is 24.2 Å². The molecular weight excluding hydrogens is 324 g/mol. The van der Waals surface area contributed by atoms with Crippen LogP contribution >= 0.6 is 37.0 Å². The van der Waals surface area contributed by atoms with Crippen LogP contribution in [0.2, 0.25) is 0 Å². The van der Waals surface area contributed by atoms with Crippen molar-refractivity contribution in [2.45, 2.75) is 69.1 Å². The third-order valence-electron chi connectivity index (χ3n) is 5.34. The minimum Gasteiger partial charge on any atom is -0.142 e. The molecule has 1 aromatic rings. The van der Waals surface area contributed by atoms with Crippen LogP contribution in [0.25, 0.3) is 0 Å². The quantitative estimate of drug-likeness (QED) is 0.550. The highest BCUT2D eigenvalue weighted by Crippen LogP contribution is 2.52. The van der Waals surface area contributed by atoms with Crippen LogP contribution in [0.15, 0.2) is 37.3 Å². The fourth-order valence-corrected chi connectivity index (χ4v) is 5.34. The van der Waals surface area contributed by atoms with Gasteiger partial charge in [0.1, 0.15) is 0 Å². The Morgan fingerprint density at radius 1 is 1.18 bits per heavy atom. The average molecular weight is 353 g/mol. The van der Waals surface area contributed by atoms with Gasteiger partial charge < -0.3 is 0 Å². The standard InChI is InChI=1S/C19H28S3/c1-7-14-10-19(5,6)13(4)12(3)18(14)22-17-9-16(21)15(20)8-11(17)2/h8-9,13-14,20-21H,7,10H2,1-6H3. The third-order valence-corrected chi connectivity index (χ3v) is 7.79. The molecule has 0 saturated carbocycles. The molecular formula is C19H28S3. The van der Waals surface area contributed by atoms with Gasteiger partial charge in [-0.05, 0) is 66.5 Å². The highest BCUT2D eigenvalue weighted by atomic mass is 32.2. The summed E-state index contributed by atoms with van der Waals surface area (Å²) in [6.07, 6.45) is 2.50. The first-order chi connectivity index (χ1) is 10.2. The maximum atomic E-state index is 4.54. The van der Waals surface area contributed by atoms with Gasteiger partial charge in [-0.2, -0.15) is 0 Å². The second-order valence-electron chi connectivity index (χ2n) is 7.28. The van der Waals surface area contributed by atoms with E-state index in [4.69, 9.17) is 0 Å². The molecule has 0 nitrogen and oxygen atoms in total. The largest absolute Gasteiger partial charge is 0.142 e. The Kier molecular flexibility index (Phi) is 5.72. The van der Waals surface area contributed by atoms with Crippen LogP contribution in [0.1, 0.15) is 53.0 Å². The molecule has 0 aromatic heterocycles. The zero-order valence-corrected chi connectivity index (χ0v) is 17.1. The SMILES string of the molecule is CCC1CC(C)(C)C(C)C(C)=C1Sc1cc(S)c(S)cc1C. The Bertz CT molecular complexity index is 599. The Morgan fingerprint density at radius 2 is 1.77 bits per heavy atom. The van der Waals surface area contributed by atoms with Crippen LogP contribution in [0.5, 0.6) is 0 Å². The summed E-state index contributed by atoms with van der Waals surface area (Å²) in [6, 6.07) is 4.30. The van der Waals surface area contributed by atoms with Gasteiger partial charge in [0.2, 0.25) is 0 Å². The second-order valence-corrected chi connectivity index (χ2v) is 9.32. The molecule has 0 heterocycles. The van der Waals surface area contributed by atoms with Gasteiger partial charge in [0.25, 0.3) is 0 Å². The van der Waals surface area contributed by atoms with Gasteiger partial charge in [0.05, 0.1) is 0 Å². The summed E-state index contributed by atoms with van der Waals surface area (Å²) in [5.41, 5.74) is 3.26. The van der Waals surface area contributed by atoms with Crippen molar-refractivity contribution in [2.24, 2.45) is 17.3 Å². The molecule has 0 bridgehead atoms. The molecule has 0 fully saturated rings. The van der Waals surface area contributed by atoms with E-state index in [9.17, 15) is 0 Å². The number of benzene rings is 1. The first-order valence-electron chi connectivity index (χ1n) is 8.08. The van der Waals surface area contributed by atoms with Gasteiger partial charge in [-0.1, -0.05) is 45.0 Å². The molecule has 2 atom stereocenters. The Hall–Kier alpha value is 0.01000. The molecule has 0 saturated heterocycles. The number of allylic oxidation sites excluding steroid dienone is 2. The van der Waals surface area contributed by atoms with Gasteiger partial charge in [-0.25, -0.2) is 0 Å². The van der Waals surface area contributed by atoms with E-state index >= 15 is 0 Å². The zero-order valence-electron chi connectivity index (χ0n) is 14.5. The molecule has 0 N–H and O–H groups in total. The van der Waals surface area contributed by atoms with Gasteiger partial charge >= 0.3 is 0 Å². The normalized spacial score (nSPS) is 24.7. The van der Waals surface area contributed by atoms with Crippen LogP contribution in [0.4, 0.5) is 0 Å². The molecule has 1 aliphatic carbocycles. The Balaban J connectivity index is 2.42. The first kappa shape index (κ1) is 18.4. The fourth-order valence-electron chi connectivity index (χ4n) is 3.41. The Labute approximate surface area is 151 Å². The smallest absolute Gasteiger partial charge is 0.0185 e. The van der Waals surface area contributed by atoms with Gasteiger partial charge in [-0.3, -0.25) is 0 Å². The van der Waals surface area contributed by atoms with Gasteiger partial charge in [0, 0.05) is 14.7 Å². The van der Waals surface area contributed by atoms with E-state index in [1.165, 1.54) is 23.3 Å². The fraction of sp³-hybridized carbons (Fsp3) is 0.579. The van der Waals surface area contributed by atoms with E-state index in [0.717, 1.165) is 9.79 Å². The van der Waals surface area contributed by atoms with Crippen molar-refractivity contribution in [3.63, 3.8) is 0 Å². The number of aryl methyl sites for hydroxylation is 1. The van der Waals surface area contributed by atoms with E-state index in [1.54, 1.807) is 10.5 Å². The number of hydrogen-bond acceptors (Lipinski definition) is 3. The monoisotopic (exact) mass is 352 g/mol. The van der Waals surface area contributed by atoms with Crippen molar-refractivity contribution in [1.29, 1.82) is 0 Å². The van der Waals surface area contributed by atoms with Crippen molar-refractivity contribution >= 4 is 37.0 Å². The highest BCUT2D eigenvalue weighted by Gasteiger charge is 2.37. The minimum atomic E-state index is 0.396. The number of thiol groups is 2. The van der Waals surface area contributed by atoms with Gasteiger partial charge in [0.15, 0.2) is 0 Å². The molecule has 2 unspecified atom stereocenters. The van der Waals surface area contributed by atoms with E-state index in [1.807, 2.05) is 11.8 Å². The molecule has 0 spiro atoms. The van der Waals surface area contributed by atoms with Crippen LogP contribution in [0.3, 0.4) is 0 Å². The van der Waals surface area contributed by atoms with Crippen LogP contribution < -0.4 is 0 Å². The van der Waals surface area contributed by atoms with E-state index in [0.29, 0.717) is 17.3 Å². The maximum absolute atomic E-state index is 4.54. The summed E-state index contributed by atoms with van der Waals surface area (Å²) in [4.78, 5) is 4.83. The Morgan fingerprint density at radius 3 is 2.36 bits per heavy atom. The lowest BCUT2D eigenvalue weighted by atomic mass is 9.66. The predicted molar refractivity (Wildman–Crippen MR) is 106 cm³/mol. The molecule has 22 heavy (non-hydrogen) atoms. The lowest BCUT2D eigenvalue weighted by molar-refractivity contribution is 0.192. The first-order valence-corrected chi connectivity index (χ1v) is 9.79. The highest BCUT2D eigenvalue weighted by molar-refractivity contribution is 8.03. The van der Waals surface area contributed by atoms with Crippen molar-refractivity contribution in [3.8, 4) is 0 Å². The van der Waals surface area contributed by atoms with E-state index in [-0.39, 0.29) is 0 Å². The number of rotatable bonds is 3. The average Bonchev–Trinajstić information content (AvgIpc) is 2.44. The summed E-state index contributed by atoms with van der Waals surface area (Å²) in [6.45, 7) is 14.0. The topological polar surface area (TPSA) is 0 Å². The molecule has 0 aliphatic heterocycles. The third kappa shape index (κ3) is 3.57. The summed E-state index contributed by atoms with van der Waals surface area (Å²) in [7, 11) is 0. The maximum Gasteiger partial charge on any atom is 0.0185 e. The van der Waals surface area contributed by atoms with Crippen molar-refractivity contribution in [1.82, 2.24) is 0 Å². The molecule has 122 valence electrons. The summed E-state index contributed by atoms with van der Waals surface area (Å²) in [5.74, 6) is 1.31.